The maximum Gasteiger partial charge on any atom is 0.268 e. The molecule has 4 rings (SSSR count). The zero-order chi connectivity index (χ0) is 21.3. The number of ether oxygens (including phenoxy) is 2. The van der Waals surface area contributed by atoms with Gasteiger partial charge < -0.3 is 24.6 Å². The quantitative estimate of drug-likeness (QED) is 0.735. The number of piperazine rings is 1. The first-order chi connectivity index (χ1) is 14.6. The highest BCUT2D eigenvalue weighted by Gasteiger charge is 2.50. The molecule has 0 radical (unpaired) electrons. The summed E-state index contributed by atoms with van der Waals surface area (Å²) in [5.74, 6) is 1.73. The van der Waals surface area contributed by atoms with E-state index in [9.17, 15) is 9.59 Å². The van der Waals surface area contributed by atoms with Crippen LogP contribution in [0.4, 0.5) is 5.69 Å². The zero-order valence-electron chi connectivity index (χ0n) is 17.7. The summed E-state index contributed by atoms with van der Waals surface area (Å²) in [4.78, 5) is 30.0. The van der Waals surface area contributed by atoms with Crippen molar-refractivity contribution < 1.29 is 19.1 Å². The van der Waals surface area contributed by atoms with Gasteiger partial charge in [-0.2, -0.15) is 5.10 Å². The van der Waals surface area contributed by atoms with E-state index >= 15 is 0 Å². The molecule has 2 aliphatic heterocycles. The molecule has 2 fully saturated rings. The molecule has 0 aromatic heterocycles. The second-order valence-corrected chi connectivity index (χ2v) is 7.82. The lowest BCUT2D eigenvalue weighted by molar-refractivity contribution is -0.151. The van der Waals surface area contributed by atoms with Gasteiger partial charge in [0.15, 0.2) is 6.17 Å². The zero-order valence-corrected chi connectivity index (χ0v) is 17.7. The summed E-state index contributed by atoms with van der Waals surface area (Å²) in [7, 11) is 3.11. The molecule has 9 nitrogen and oxygen atoms in total. The number of anilines is 1. The van der Waals surface area contributed by atoms with Crippen LogP contribution in [0.1, 0.15) is 39.0 Å². The first kappa shape index (κ1) is 20.3. The third kappa shape index (κ3) is 3.53. The Labute approximate surface area is 176 Å². The fourth-order valence-electron chi connectivity index (χ4n) is 4.76. The van der Waals surface area contributed by atoms with E-state index in [1.807, 2.05) is 6.92 Å². The fraction of sp³-hybridized carbons (Fsp3) is 0.571. The summed E-state index contributed by atoms with van der Waals surface area (Å²) >= 11 is 0. The molecule has 9 heteroatoms. The standard InChI is InChI=1S/C21H29N5O4/c1-4-18-23-24-20-21(28)25(15-7-5-6-8-16(15)26(18)20)12-19(27)22-14-10-9-13(29-2)11-17(14)30-3/h9-11,15-16,20,24H,4-8,12H2,1-3H3,(H,22,27). The van der Waals surface area contributed by atoms with Crippen LogP contribution in [0.25, 0.3) is 0 Å². The van der Waals surface area contributed by atoms with Crippen LogP contribution in [0.5, 0.6) is 11.5 Å². The Kier molecular flexibility index (Phi) is 5.69. The van der Waals surface area contributed by atoms with Gasteiger partial charge in [-0.05, 0) is 25.0 Å². The minimum atomic E-state index is -0.511. The van der Waals surface area contributed by atoms with Gasteiger partial charge in [0.2, 0.25) is 5.91 Å². The molecule has 1 saturated carbocycles. The van der Waals surface area contributed by atoms with Crippen LogP contribution in [0.15, 0.2) is 23.3 Å². The van der Waals surface area contributed by atoms with E-state index in [2.05, 4.69) is 20.7 Å². The van der Waals surface area contributed by atoms with Gasteiger partial charge in [0, 0.05) is 12.5 Å². The minimum absolute atomic E-state index is 0.00264. The highest BCUT2D eigenvalue weighted by atomic mass is 16.5. The van der Waals surface area contributed by atoms with E-state index in [1.165, 1.54) is 7.11 Å². The molecule has 1 aliphatic carbocycles. The van der Waals surface area contributed by atoms with Crippen molar-refractivity contribution in [2.75, 3.05) is 26.1 Å². The van der Waals surface area contributed by atoms with Gasteiger partial charge in [-0.3, -0.25) is 15.0 Å². The van der Waals surface area contributed by atoms with Crippen LogP contribution in [-0.4, -0.2) is 66.5 Å². The Bertz CT molecular complexity index is 858. The number of hydrogen-bond acceptors (Lipinski definition) is 7. The van der Waals surface area contributed by atoms with Crippen molar-refractivity contribution in [1.82, 2.24) is 15.2 Å². The summed E-state index contributed by atoms with van der Waals surface area (Å²) in [6, 6.07) is 5.41. The molecular weight excluding hydrogens is 386 g/mol. The van der Waals surface area contributed by atoms with Crippen LogP contribution in [0.2, 0.25) is 0 Å². The number of carbonyl (C=O) groups is 2. The Morgan fingerprint density at radius 3 is 2.70 bits per heavy atom. The Hall–Kier alpha value is -2.97. The lowest BCUT2D eigenvalue weighted by atomic mass is 9.85. The largest absolute Gasteiger partial charge is 0.497 e. The Morgan fingerprint density at radius 2 is 2.00 bits per heavy atom. The number of fused-ring (bicyclic) bond motifs is 3. The SMILES string of the molecule is CCC1=NNC2C(=O)N(CC(=O)Nc3ccc(OC)cc3OC)C3CCCCC3N12. The van der Waals surface area contributed by atoms with Crippen molar-refractivity contribution in [2.24, 2.45) is 5.10 Å². The molecule has 2 N–H and O–H groups in total. The van der Waals surface area contributed by atoms with Crippen molar-refractivity contribution in [2.45, 2.75) is 57.3 Å². The third-order valence-electron chi connectivity index (χ3n) is 6.17. The minimum Gasteiger partial charge on any atom is -0.497 e. The average molecular weight is 415 g/mol. The molecule has 3 aliphatic rings. The van der Waals surface area contributed by atoms with Gasteiger partial charge in [-0.25, -0.2) is 0 Å². The first-order valence-electron chi connectivity index (χ1n) is 10.5. The second kappa shape index (κ2) is 8.41. The summed E-state index contributed by atoms with van der Waals surface area (Å²) in [6.45, 7) is 2.05. The van der Waals surface area contributed by atoms with E-state index in [1.54, 1.807) is 30.2 Å². The summed E-state index contributed by atoms with van der Waals surface area (Å²) in [5.41, 5.74) is 3.53. The topological polar surface area (TPSA) is 95.5 Å². The Balaban J connectivity index is 1.51. The van der Waals surface area contributed by atoms with E-state index in [0.29, 0.717) is 17.2 Å². The molecule has 3 atom stereocenters. The molecule has 3 unspecified atom stereocenters. The number of hydrazone groups is 1. The van der Waals surface area contributed by atoms with Gasteiger partial charge in [0.25, 0.3) is 5.91 Å². The van der Waals surface area contributed by atoms with Crippen molar-refractivity contribution in [3.63, 3.8) is 0 Å². The summed E-state index contributed by atoms with van der Waals surface area (Å²) in [5, 5.41) is 7.26. The van der Waals surface area contributed by atoms with E-state index in [4.69, 9.17) is 9.47 Å². The number of carbonyl (C=O) groups excluding carboxylic acids is 2. The van der Waals surface area contributed by atoms with Crippen LogP contribution in [0, 0.1) is 0 Å². The number of amides is 2. The highest BCUT2D eigenvalue weighted by molar-refractivity contribution is 5.98. The average Bonchev–Trinajstić information content (AvgIpc) is 3.21. The maximum absolute atomic E-state index is 13.2. The number of hydrogen-bond donors (Lipinski definition) is 2. The highest BCUT2D eigenvalue weighted by Crippen LogP contribution is 2.35. The van der Waals surface area contributed by atoms with Crippen LogP contribution in [-0.2, 0) is 9.59 Å². The fourth-order valence-corrected chi connectivity index (χ4v) is 4.76. The maximum atomic E-state index is 13.2. The molecule has 1 aromatic carbocycles. The summed E-state index contributed by atoms with van der Waals surface area (Å²) in [6.07, 6.45) is 4.34. The molecule has 30 heavy (non-hydrogen) atoms. The molecule has 2 heterocycles. The molecule has 162 valence electrons. The van der Waals surface area contributed by atoms with Crippen molar-refractivity contribution in [1.29, 1.82) is 0 Å². The van der Waals surface area contributed by atoms with Crippen LogP contribution < -0.4 is 20.2 Å². The first-order valence-corrected chi connectivity index (χ1v) is 10.5. The second-order valence-electron chi connectivity index (χ2n) is 7.82. The van der Waals surface area contributed by atoms with Crippen molar-refractivity contribution >= 4 is 23.3 Å². The van der Waals surface area contributed by atoms with Gasteiger partial charge in [-0.15, -0.1) is 0 Å². The third-order valence-corrected chi connectivity index (χ3v) is 6.17. The van der Waals surface area contributed by atoms with Crippen LogP contribution in [0.3, 0.4) is 0 Å². The molecule has 1 aromatic rings. The van der Waals surface area contributed by atoms with Crippen LogP contribution >= 0.6 is 0 Å². The van der Waals surface area contributed by atoms with E-state index < -0.39 is 6.17 Å². The predicted octanol–water partition coefficient (Wildman–Crippen LogP) is 1.75. The lowest BCUT2D eigenvalue weighted by Crippen LogP contribution is -2.69. The summed E-state index contributed by atoms with van der Waals surface area (Å²) < 4.78 is 10.6. The van der Waals surface area contributed by atoms with E-state index in [-0.39, 0.29) is 30.4 Å². The molecule has 1 saturated heterocycles. The van der Waals surface area contributed by atoms with Gasteiger partial charge in [0.1, 0.15) is 23.9 Å². The van der Waals surface area contributed by atoms with E-state index in [0.717, 1.165) is 37.9 Å². The molecule has 2 amide bonds. The molecule has 0 bridgehead atoms. The van der Waals surface area contributed by atoms with Gasteiger partial charge in [0.05, 0.1) is 32.0 Å². The number of nitrogens with one attached hydrogen (secondary N) is 2. The molecule has 0 spiro atoms. The Morgan fingerprint density at radius 1 is 1.23 bits per heavy atom. The lowest BCUT2D eigenvalue weighted by Gasteiger charge is -2.51. The van der Waals surface area contributed by atoms with Gasteiger partial charge in [-0.1, -0.05) is 19.8 Å². The monoisotopic (exact) mass is 415 g/mol. The number of methoxy groups -OCH3 is 2. The van der Waals surface area contributed by atoms with Crippen molar-refractivity contribution in [3.8, 4) is 11.5 Å². The number of rotatable bonds is 6. The number of amidine groups is 1. The molecular formula is C21H29N5O4. The van der Waals surface area contributed by atoms with Crippen molar-refractivity contribution in [3.05, 3.63) is 18.2 Å². The smallest absolute Gasteiger partial charge is 0.268 e. The normalized spacial score (nSPS) is 25.1. The predicted molar refractivity (Wildman–Crippen MR) is 112 cm³/mol. The number of benzene rings is 1. The van der Waals surface area contributed by atoms with Gasteiger partial charge >= 0.3 is 0 Å². The number of nitrogens with zero attached hydrogens (tertiary/aromatic N) is 3.